The number of rotatable bonds is 0. The van der Waals surface area contributed by atoms with Crippen LogP contribution in [0.15, 0.2) is 0 Å². The fraction of sp³-hybridized carbons (Fsp3) is 0.950. The third-order valence-electron chi connectivity index (χ3n) is 8.63. The second kappa shape index (κ2) is 4.74. The Hall–Kier alpha value is -0.510. The van der Waals surface area contributed by atoms with Gasteiger partial charge in [0.05, 0.1) is 6.07 Å². The zero-order valence-electron chi connectivity index (χ0n) is 13.9. The van der Waals surface area contributed by atoms with Gasteiger partial charge in [-0.2, -0.15) is 5.26 Å². The molecule has 0 saturated heterocycles. The molecule has 0 aromatic carbocycles. The Balaban J connectivity index is 1.60. The predicted molar refractivity (Wildman–Crippen MR) is 85.4 cm³/mol. The summed E-state index contributed by atoms with van der Waals surface area (Å²) in [5.74, 6) is 4.24. The van der Waals surface area contributed by atoms with Gasteiger partial charge in [-0.15, -0.1) is 0 Å². The normalized spacial score (nSPS) is 56.0. The van der Waals surface area contributed by atoms with Crippen molar-refractivity contribution in [2.75, 3.05) is 0 Å². The second-order valence-corrected chi connectivity index (χ2v) is 9.34. The highest BCUT2D eigenvalue weighted by Crippen LogP contribution is 2.66. The summed E-state index contributed by atoms with van der Waals surface area (Å²) in [4.78, 5) is 0. The molecule has 0 amide bonds. The zero-order valence-corrected chi connectivity index (χ0v) is 13.9. The fourth-order valence-electron chi connectivity index (χ4n) is 7.37. The van der Waals surface area contributed by atoms with E-state index in [1.807, 2.05) is 0 Å². The lowest BCUT2D eigenvalue weighted by molar-refractivity contribution is -0.107. The molecule has 21 heavy (non-hydrogen) atoms. The van der Waals surface area contributed by atoms with E-state index in [0.29, 0.717) is 16.7 Å². The number of nitrogens with zero attached hydrogens (tertiary/aromatic N) is 1. The topological polar surface area (TPSA) is 23.8 Å². The third kappa shape index (κ3) is 1.94. The first-order valence-corrected chi connectivity index (χ1v) is 9.46. The smallest absolute Gasteiger partial charge is 0.0655 e. The average Bonchev–Trinajstić information content (AvgIpc) is 2.88. The van der Waals surface area contributed by atoms with Gasteiger partial charge in [-0.1, -0.05) is 20.3 Å². The Labute approximate surface area is 130 Å². The van der Waals surface area contributed by atoms with Crippen molar-refractivity contribution in [1.29, 1.82) is 5.26 Å². The second-order valence-electron chi connectivity index (χ2n) is 9.34. The van der Waals surface area contributed by atoms with Crippen molar-refractivity contribution in [3.63, 3.8) is 0 Å². The van der Waals surface area contributed by atoms with Crippen molar-refractivity contribution in [2.24, 2.45) is 40.4 Å². The number of hydrogen-bond donors (Lipinski definition) is 0. The van der Waals surface area contributed by atoms with Gasteiger partial charge in [0.25, 0.3) is 0 Å². The van der Waals surface area contributed by atoms with Gasteiger partial charge < -0.3 is 0 Å². The first-order chi connectivity index (χ1) is 10.1. The van der Waals surface area contributed by atoms with Crippen molar-refractivity contribution < 1.29 is 0 Å². The molecule has 7 atom stereocenters. The Morgan fingerprint density at radius 1 is 0.905 bits per heavy atom. The van der Waals surface area contributed by atoms with Crippen LogP contribution in [0.5, 0.6) is 0 Å². The van der Waals surface area contributed by atoms with Gasteiger partial charge in [-0.3, -0.25) is 0 Å². The van der Waals surface area contributed by atoms with Crippen LogP contribution in [-0.4, -0.2) is 0 Å². The lowest BCUT2D eigenvalue weighted by Gasteiger charge is -2.60. The Morgan fingerprint density at radius 3 is 2.57 bits per heavy atom. The van der Waals surface area contributed by atoms with Gasteiger partial charge in [-0.25, -0.2) is 0 Å². The van der Waals surface area contributed by atoms with E-state index in [9.17, 15) is 5.26 Å². The largest absolute Gasteiger partial charge is 0.198 e. The van der Waals surface area contributed by atoms with Crippen LogP contribution in [-0.2, 0) is 0 Å². The van der Waals surface area contributed by atoms with E-state index in [2.05, 4.69) is 19.9 Å². The molecule has 0 radical (unpaired) electrons. The molecular weight excluding hydrogens is 254 g/mol. The van der Waals surface area contributed by atoms with Gasteiger partial charge >= 0.3 is 0 Å². The fourth-order valence-corrected chi connectivity index (χ4v) is 7.37. The predicted octanol–water partition coefficient (Wildman–Crippen LogP) is 5.56. The molecule has 4 fully saturated rings. The molecule has 4 aliphatic carbocycles. The minimum absolute atomic E-state index is 0.361. The Morgan fingerprint density at radius 2 is 1.76 bits per heavy atom. The third-order valence-corrected chi connectivity index (χ3v) is 8.63. The molecule has 4 rings (SSSR count). The maximum atomic E-state index is 9.30. The molecule has 0 bridgehead atoms. The summed E-state index contributed by atoms with van der Waals surface area (Å²) < 4.78 is 0. The molecule has 0 unspecified atom stereocenters. The lowest BCUT2D eigenvalue weighted by atomic mass is 9.45. The van der Waals surface area contributed by atoms with E-state index in [1.54, 1.807) is 0 Å². The summed E-state index contributed by atoms with van der Waals surface area (Å²) in [6.07, 6.45) is 14.1. The molecule has 4 saturated carbocycles. The lowest BCUT2D eigenvalue weighted by Crippen LogP contribution is -2.52. The quantitative estimate of drug-likeness (QED) is 0.571. The van der Waals surface area contributed by atoms with Crippen LogP contribution in [0.1, 0.15) is 78.1 Å². The van der Waals surface area contributed by atoms with Crippen LogP contribution in [0.25, 0.3) is 0 Å². The summed E-state index contributed by atoms with van der Waals surface area (Å²) in [6.45, 7) is 5.21. The van der Waals surface area contributed by atoms with Crippen molar-refractivity contribution in [2.45, 2.75) is 78.1 Å². The average molecular weight is 285 g/mol. The van der Waals surface area contributed by atoms with Crippen LogP contribution in [0, 0.1) is 51.8 Å². The van der Waals surface area contributed by atoms with Crippen LogP contribution < -0.4 is 0 Å². The van der Waals surface area contributed by atoms with E-state index in [-0.39, 0.29) is 0 Å². The monoisotopic (exact) mass is 285 g/mol. The SMILES string of the molecule is C[C@@]12CCC[C@H]1[C@@H]1CC[C@H]3C[C@H](C#N)CC[C@]3(C)[C@H]1CC2. The number of fused-ring (bicyclic) bond motifs is 5. The van der Waals surface area contributed by atoms with Crippen molar-refractivity contribution in [3.05, 3.63) is 0 Å². The molecule has 0 aromatic heterocycles. The summed E-state index contributed by atoms with van der Waals surface area (Å²) in [6, 6.07) is 2.57. The highest BCUT2D eigenvalue weighted by Gasteiger charge is 2.57. The molecule has 0 aromatic rings. The van der Waals surface area contributed by atoms with Gasteiger partial charge in [-0.05, 0) is 92.3 Å². The van der Waals surface area contributed by atoms with E-state index >= 15 is 0 Å². The van der Waals surface area contributed by atoms with E-state index < -0.39 is 0 Å². The Kier molecular flexibility index (Phi) is 3.18. The van der Waals surface area contributed by atoms with Crippen LogP contribution in [0.2, 0.25) is 0 Å². The maximum Gasteiger partial charge on any atom is 0.0655 e. The molecule has 0 N–H and O–H groups in total. The number of nitriles is 1. The molecule has 0 spiro atoms. The summed E-state index contributed by atoms with van der Waals surface area (Å²) in [5.41, 5.74) is 1.26. The molecule has 0 heterocycles. The summed E-state index contributed by atoms with van der Waals surface area (Å²) >= 11 is 0. The van der Waals surface area contributed by atoms with Crippen LogP contribution in [0.4, 0.5) is 0 Å². The summed E-state index contributed by atoms with van der Waals surface area (Å²) in [5, 5.41) is 9.30. The van der Waals surface area contributed by atoms with Crippen molar-refractivity contribution in [3.8, 4) is 6.07 Å². The van der Waals surface area contributed by atoms with E-state index in [1.165, 1.54) is 64.2 Å². The molecule has 0 aliphatic heterocycles. The van der Waals surface area contributed by atoms with Crippen LogP contribution >= 0.6 is 0 Å². The van der Waals surface area contributed by atoms with Gasteiger partial charge in [0.15, 0.2) is 0 Å². The van der Waals surface area contributed by atoms with Crippen molar-refractivity contribution >= 4 is 0 Å². The zero-order chi connectivity index (χ0) is 14.7. The van der Waals surface area contributed by atoms with Crippen molar-refractivity contribution in [1.82, 2.24) is 0 Å². The minimum atomic E-state index is 0.361. The van der Waals surface area contributed by atoms with Gasteiger partial charge in [0.2, 0.25) is 0 Å². The molecule has 4 aliphatic rings. The van der Waals surface area contributed by atoms with Crippen LogP contribution in [0.3, 0.4) is 0 Å². The molecular formula is C20H31N. The summed E-state index contributed by atoms with van der Waals surface area (Å²) in [7, 11) is 0. The highest BCUT2D eigenvalue weighted by atomic mass is 14.6. The number of hydrogen-bond acceptors (Lipinski definition) is 1. The Bertz CT molecular complexity index is 463. The van der Waals surface area contributed by atoms with E-state index in [0.717, 1.165) is 23.7 Å². The molecule has 116 valence electrons. The minimum Gasteiger partial charge on any atom is -0.198 e. The first kappa shape index (κ1) is 14.1. The maximum absolute atomic E-state index is 9.30. The van der Waals surface area contributed by atoms with E-state index in [4.69, 9.17) is 0 Å². The standard InChI is InChI=1S/C20H31N/c1-19-9-3-4-17(19)16-6-5-15-12-14(13-21)7-11-20(15,2)18(16)8-10-19/h14-18H,3-12H2,1-2H3/t14-,15+,16+,17+,18+,19+,20+/m1/s1. The molecule has 1 heteroatoms. The van der Waals surface area contributed by atoms with Gasteiger partial charge in [0, 0.05) is 5.92 Å². The first-order valence-electron chi connectivity index (χ1n) is 9.46. The molecule has 1 nitrogen and oxygen atoms in total. The van der Waals surface area contributed by atoms with Gasteiger partial charge in [0.1, 0.15) is 0 Å². The highest BCUT2D eigenvalue weighted by molar-refractivity contribution is 5.08.